The topological polar surface area (TPSA) is 18.5 Å². The fraction of sp³-hybridized carbons (Fsp3) is 0.136. The first-order valence-corrected chi connectivity index (χ1v) is 17.5. The van der Waals surface area contributed by atoms with Crippen molar-refractivity contribution in [1.29, 1.82) is 0 Å². The van der Waals surface area contributed by atoms with E-state index in [1.54, 1.807) is 0 Å². The summed E-state index contributed by atoms with van der Waals surface area (Å²) in [5.41, 5.74) is 7.29. The van der Waals surface area contributed by atoms with Gasteiger partial charge in [-0.2, -0.15) is 0 Å². The molecule has 0 unspecified atom stereocenters. The number of hydrogen-bond donors (Lipinski definition) is 0. The predicted molar refractivity (Wildman–Crippen MR) is 206 cm³/mol. The van der Waals surface area contributed by atoms with E-state index in [9.17, 15) is 0 Å². The van der Waals surface area contributed by atoms with Crippen LogP contribution in [0.15, 0.2) is 140 Å². The van der Waals surface area contributed by atoms with Crippen molar-refractivity contribution in [3.63, 3.8) is 0 Å². The predicted octanol–water partition coefficient (Wildman–Crippen LogP) is 11.7. The molecule has 1 saturated heterocycles. The highest BCUT2D eigenvalue weighted by Crippen LogP contribution is 2.41. The molecule has 1 aliphatic heterocycles. The molecule has 48 heavy (non-hydrogen) atoms. The van der Waals surface area contributed by atoms with Crippen LogP contribution < -0.4 is 5.46 Å². The quantitative estimate of drug-likeness (QED) is 0.141. The van der Waals surface area contributed by atoms with Gasteiger partial charge in [0, 0.05) is 20.2 Å². The molecular formula is C44H35BO2S. The monoisotopic (exact) mass is 638 g/mol. The molecular weight excluding hydrogens is 603 g/mol. The molecule has 4 heteroatoms. The second-order valence-corrected chi connectivity index (χ2v) is 15.1. The van der Waals surface area contributed by atoms with E-state index in [2.05, 4.69) is 167 Å². The largest absolute Gasteiger partial charge is 0.494 e. The van der Waals surface area contributed by atoms with Gasteiger partial charge in [-0.1, -0.05) is 121 Å². The van der Waals surface area contributed by atoms with Crippen molar-refractivity contribution in [1.82, 2.24) is 0 Å². The number of rotatable bonds is 4. The molecule has 2 nitrogen and oxygen atoms in total. The zero-order valence-electron chi connectivity index (χ0n) is 27.6. The third-order valence-corrected chi connectivity index (χ3v) is 11.7. The Kier molecular flexibility index (Phi) is 6.68. The van der Waals surface area contributed by atoms with Crippen LogP contribution in [0, 0.1) is 0 Å². The minimum Gasteiger partial charge on any atom is -0.399 e. The van der Waals surface area contributed by atoms with Crippen LogP contribution >= 0.6 is 11.3 Å². The molecule has 1 fully saturated rings. The Hall–Kier alpha value is -4.74. The van der Waals surface area contributed by atoms with Crippen molar-refractivity contribution in [3.8, 4) is 33.4 Å². The normalized spacial score (nSPS) is 15.6. The van der Waals surface area contributed by atoms with Crippen LogP contribution in [0.3, 0.4) is 0 Å². The standard InChI is InChI=1S/C44H35BO2S/c1-43(2)44(3,4)47-45(46-43)35-26-33(25-34(27-35)31-22-23-37-32(24-31)21-20-29-10-5-6-11-36(29)37)28-16-18-30(19-17-28)38-13-9-14-40-39-12-7-8-15-41(39)48-42(38)40/h5-27H,1-4H3. The Labute approximate surface area is 285 Å². The first kappa shape index (κ1) is 29.4. The average Bonchev–Trinajstić information content (AvgIpc) is 3.60. The summed E-state index contributed by atoms with van der Waals surface area (Å²) in [5.74, 6) is 0. The average molecular weight is 639 g/mol. The van der Waals surface area contributed by atoms with Gasteiger partial charge in [0.1, 0.15) is 0 Å². The van der Waals surface area contributed by atoms with Crippen LogP contribution in [0.25, 0.3) is 75.1 Å². The Balaban J connectivity index is 1.15. The van der Waals surface area contributed by atoms with Gasteiger partial charge in [0.2, 0.25) is 0 Å². The van der Waals surface area contributed by atoms with E-state index in [1.165, 1.54) is 58.4 Å². The van der Waals surface area contributed by atoms with Crippen LogP contribution in [0.1, 0.15) is 27.7 Å². The van der Waals surface area contributed by atoms with E-state index in [-0.39, 0.29) is 0 Å². The third-order valence-electron chi connectivity index (χ3n) is 10.5. The molecule has 0 amide bonds. The Morgan fingerprint density at radius 1 is 0.458 bits per heavy atom. The van der Waals surface area contributed by atoms with Gasteiger partial charge >= 0.3 is 7.12 Å². The van der Waals surface area contributed by atoms with Crippen LogP contribution in [-0.2, 0) is 9.31 Å². The lowest BCUT2D eigenvalue weighted by Gasteiger charge is -2.32. The molecule has 0 spiro atoms. The van der Waals surface area contributed by atoms with E-state index in [4.69, 9.17) is 9.31 Å². The molecule has 7 aromatic carbocycles. The smallest absolute Gasteiger partial charge is 0.399 e. The maximum atomic E-state index is 6.57. The van der Waals surface area contributed by atoms with Crippen molar-refractivity contribution >= 4 is 65.6 Å². The Morgan fingerprint density at radius 3 is 1.85 bits per heavy atom. The highest BCUT2D eigenvalue weighted by atomic mass is 32.1. The molecule has 1 aromatic heterocycles. The van der Waals surface area contributed by atoms with E-state index in [0.717, 1.165) is 22.2 Å². The van der Waals surface area contributed by atoms with Crippen LogP contribution in [-0.4, -0.2) is 18.3 Å². The number of benzene rings is 7. The molecule has 0 bridgehead atoms. The summed E-state index contributed by atoms with van der Waals surface area (Å²) in [6.07, 6.45) is 0. The number of hydrogen-bond acceptors (Lipinski definition) is 3. The molecule has 232 valence electrons. The zero-order chi connectivity index (χ0) is 32.6. The summed E-state index contributed by atoms with van der Waals surface area (Å²) in [4.78, 5) is 0. The van der Waals surface area contributed by atoms with Crippen molar-refractivity contribution in [2.75, 3.05) is 0 Å². The van der Waals surface area contributed by atoms with Gasteiger partial charge in [0.25, 0.3) is 0 Å². The summed E-state index contributed by atoms with van der Waals surface area (Å²) in [5, 5.41) is 7.68. The van der Waals surface area contributed by atoms with Gasteiger partial charge in [-0.25, -0.2) is 0 Å². The minimum absolute atomic E-state index is 0.424. The minimum atomic E-state index is -0.456. The Bertz CT molecular complexity index is 2510. The second kappa shape index (κ2) is 10.9. The van der Waals surface area contributed by atoms with Crippen molar-refractivity contribution in [2.24, 2.45) is 0 Å². The van der Waals surface area contributed by atoms with Crippen LogP contribution in [0.5, 0.6) is 0 Å². The highest BCUT2D eigenvalue weighted by Gasteiger charge is 2.51. The lowest BCUT2D eigenvalue weighted by molar-refractivity contribution is 0.00578. The van der Waals surface area contributed by atoms with Gasteiger partial charge in [-0.15, -0.1) is 11.3 Å². The van der Waals surface area contributed by atoms with Crippen molar-refractivity contribution in [3.05, 3.63) is 140 Å². The van der Waals surface area contributed by atoms with Crippen molar-refractivity contribution in [2.45, 2.75) is 38.9 Å². The van der Waals surface area contributed by atoms with E-state index in [0.29, 0.717) is 0 Å². The number of fused-ring (bicyclic) bond motifs is 6. The molecule has 1 aliphatic rings. The van der Waals surface area contributed by atoms with E-state index < -0.39 is 18.3 Å². The third kappa shape index (κ3) is 4.78. The second-order valence-electron chi connectivity index (χ2n) is 14.0. The molecule has 0 atom stereocenters. The molecule has 0 N–H and O–H groups in total. The molecule has 0 radical (unpaired) electrons. The fourth-order valence-electron chi connectivity index (χ4n) is 7.11. The van der Waals surface area contributed by atoms with Crippen molar-refractivity contribution < 1.29 is 9.31 Å². The molecule has 0 saturated carbocycles. The van der Waals surface area contributed by atoms with E-state index >= 15 is 0 Å². The lowest BCUT2D eigenvalue weighted by Crippen LogP contribution is -2.41. The van der Waals surface area contributed by atoms with Crippen LogP contribution in [0.2, 0.25) is 0 Å². The van der Waals surface area contributed by atoms with Crippen LogP contribution in [0.4, 0.5) is 0 Å². The first-order valence-electron chi connectivity index (χ1n) is 16.7. The summed E-state index contributed by atoms with van der Waals surface area (Å²) in [6.45, 7) is 8.45. The maximum absolute atomic E-state index is 6.57. The zero-order valence-corrected chi connectivity index (χ0v) is 28.4. The lowest BCUT2D eigenvalue weighted by atomic mass is 9.76. The molecule has 0 aliphatic carbocycles. The van der Waals surface area contributed by atoms with Gasteiger partial charge in [-0.3, -0.25) is 0 Å². The summed E-state index contributed by atoms with van der Waals surface area (Å²) < 4.78 is 15.8. The summed E-state index contributed by atoms with van der Waals surface area (Å²) in [6, 6.07) is 51.0. The summed E-state index contributed by atoms with van der Waals surface area (Å²) >= 11 is 1.87. The summed E-state index contributed by atoms with van der Waals surface area (Å²) in [7, 11) is -0.456. The van der Waals surface area contributed by atoms with E-state index in [1.807, 2.05) is 11.3 Å². The maximum Gasteiger partial charge on any atom is 0.494 e. The van der Waals surface area contributed by atoms with Gasteiger partial charge in [-0.05, 0) is 106 Å². The Morgan fingerprint density at radius 2 is 1.06 bits per heavy atom. The van der Waals surface area contributed by atoms with Gasteiger partial charge in [0.15, 0.2) is 0 Å². The molecule has 9 rings (SSSR count). The van der Waals surface area contributed by atoms with Gasteiger partial charge in [0.05, 0.1) is 11.2 Å². The SMILES string of the molecule is CC1(C)OB(c2cc(-c3ccc(-c4cccc5c4sc4ccccc45)cc3)cc(-c3ccc4c(ccc5ccccc54)c3)c2)OC1(C)C. The first-order chi connectivity index (χ1) is 23.2. The highest BCUT2D eigenvalue weighted by molar-refractivity contribution is 7.26. The molecule has 2 heterocycles. The number of thiophene rings is 1. The molecule has 8 aromatic rings. The van der Waals surface area contributed by atoms with Gasteiger partial charge < -0.3 is 9.31 Å². The fourth-order valence-corrected chi connectivity index (χ4v) is 8.35.